The van der Waals surface area contributed by atoms with E-state index in [1.807, 2.05) is 22.9 Å². The second kappa shape index (κ2) is 5.02. The van der Waals surface area contributed by atoms with Crippen LogP contribution in [0.3, 0.4) is 0 Å². The number of rotatable bonds is 3. The molecule has 2 heterocycles. The van der Waals surface area contributed by atoms with Crippen molar-refractivity contribution >= 4 is 17.6 Å². The summed E-state index contributed by atoms with van der Waals surface area (Å²) in [6.07, 6.45) is 5.36. The number of amides is 1. The minimum Gasteiger partial charge on any atom is -0.422 e. The molecule has 112 valence electrons. The number of carbonyl (C=O) groups excluding carboxylic acids is 2. The van der Waals surface area contributed by atoms with E-state index in [-0.39, 0.29) is 11.9 Å². The molecule has 5 heteroatoms. The number of benzene rings is 1. The molecule has 1 saturated carbocycles. The Bertz CT molecular complexity index is 759. The minimum absolute atomic E-state index is 0.00131. The lowest BCUT2D eigenvalue weighted by atomic mass is 10.0. The van der Waals surface area contributed by atoms with E-state index in [9.17, 15) is 9.59 Å². The number of anilines is 1. The van der Waals surface area contributed by atoms with E-state index in [1.54, 1.807) is 18.2 Å². The third-order valence-electron chi connectivity index (χ3n) is 4.12. The quantitative estimate of drug-likeness (QED) is 0.700. The van der Waals surface area contributed by atoms with Crippen LogP contribution in [0.4, 0.5) is 5.69 Å². The van der Waals surface area contributed by atoms with Gasteiger partial charge in [-0.1, -0.05) is 6.07 Å². The Morgan fingerprint density at radius 3 is 2.91 bits per heavy atom. The molecule has 1 fully saturated rings. The molecule has 0 radical (unpaired) electrons. The Kier molecular flexibility index (Phi) is 2.99. The molecule has 1 aliphatic heterocycles. The molecule has 1 aliphatic carbocycles. The van der Waals surface area contributed by atoms with Gasteiger partial charge in [0.05, 0.1) is 0 Å². The summed E-state index contributed by atoms with van der Waals surface area (Å²) in [7, 11) is 0. The first kappa shape index (κ1) is 13.1. The van der Waals surface area contributed by atoms with Crippen LogP contribution in [0.5, 0.6) is 5.75 Å². The van der Waals surface area contributed by atoms with Crippen molar-refractivity contribution < 1.29 is 14.3 Å². The minimum atomic E-state index is -0.362. The molecule has 1 aromatic heterocycles. The number of aromatic nitrogens is 1. The highest BCUT2D eigenvalue weighted by molar-refractivity contribution is 5.94. The third kappa shape index (κ3) is 2.39. The topological polar surface area (TPSA) is 60.3 Å². The third-order valence-corrected chi connectivity index (χ3v) is 4.12. The second-order valence-corrected chi connectivity index (χ2v) is 5.79. The fourth-order valence-electron chi connectivity index (χ4n) is 2.81. The SMILES string of the molecule is O=C1CCc2ccc(OC(=O)c3cccn3C3CC3)cc2N1. The number of carbonyl (C=O) groups is 2. The van der Waals surface area contributed by atoms with Gasteiger partial charge in [0.2, 0.25) is 5.91 Å². The van der Waals surface area contributed by atoms with Crippen molar-refractivity contribution in [3.8, 4) is 5.75 Å². The van der Waals surface area contributed by atoms with Crippen molar-refractivity contribution in [2.75, 3.05) is 5.32 Å². The maximum atomic E-state index is 12.3. The van der Waals surface area contributed by atoms with Crippen molar-refractivity contribution in [2.45, 2.75) is 31.7 Å². The molecule has 0 atom stereocenters. The van der Waals surface area contributed by atoms with E-state index < -0.39 is 0 Å². The molecule has 1 N–H and O–H groups in total. The van der Waals surface area contributed by atoms with Gasteiger partial charge >= 0.3 is 5.97 Å². The van der Waals surface area contributed by atoms with Gasteiger partial charge in [-0.15, -0.1) is 0 Å². The lowest BCUT2D eigenvalue weighted by molar-refractivity contribution is -0.116. The Morgan fingerprint density at radius 1 is 1.23 bits per heavy atom. The van der Waals surface area contributed by atoms with Gasteiger partial charge in [0.15, 0.2) is 0 Å². The molecule has 2 aliphatic rings. The standard InChI is InChI=1S/C17H16N2O3/c20-16-8-4-11-3-7-13(10-14(11)18-16)22-17(21)15-2-1-9-19(15)12-5-6-12/h1-3,7,9-10,12H,4-6,8H2,(H,18,20). The van der Waals surface area contributed by atoms with Crippen molar-refractivity contribution in [1.29, 1.82) is 0 Å². The normalized spacial score (nSPS) is 16.8. The molecule has 5 nitrogen and oxygen atoms in total. The number of nitrogens with one attached hydrogen (secondary N) is 1. The molecular weight excluding hydrogens is 280 g/mol. The fourth-order valence-corrected chi connectivity index (χ4v) is 2.81. The molecule has 2 aromatic rings. The average molecular weight is 296 g/mol. The van der Waals surface area contributed by atoms with Gasteiger partial charge in [-0.2, -0.15) is 0 Å². The molecule has 0 spiro atoms. The van der Waals surface area contributed by atoms with Gasteiger partial charge in [0.1, 0.15) is 11.4 Å². The zero-order valence-electron chi connectivity index (χ0n) is 12.0. The van der Waals surface area contributed by atoms with Crippen molar-refractivity contribution in [1.82, 2.24) is 4.57 Å². The molecule has 22 heavy (non-hydrogen) atoms. The Balaban J connectivity index is 1.55. The van der Waals surface area contributed by atoms with Crippen LogP contribution in [0.15, 0.2) is 36.5 Å². The highest BCUT2D eigenvalue weighted by Gasteiger charge is 2.27. The molecule has 4 rings (SSSR count). The lowest BCUT2D eigenvalue weighted by Crippen LogP contribution is -2.19. The smallest absolute Gasteiger partial charge is 0.360 e. The van der Waals surface area contributed by atoms with Crippen LogP contribution in [-0.2, 0) is 11.2 Å². The summed E-state index contributed by atoms with van der Waals surface area (Å²) in [5, 5.41) is 2.81. The van der Waals surface area contributed by atoms with Gasteiger partial charge in [0.25, 0.3) is 0 Å². The van der Waals surface area contributed by atoms with Crippen molar-refractivity contribution in [2.24, 2.45) is 0 Å². The van der Waals surface area contributed by atoms with Crippen LogP contribution in [-0.4, -0.2) is 16.4 Å². The van der Waals surface area contributed by atoms with E-state index in [2.05, 4.69) is 5.32 Å². The Labute approximate surface area is 127 Å². The number of ether oxygens (including phenoxy) is 1. The van der Waals surface area contributed by atoms with Gasteiger partial charge < -0.3 is 14.6 Å². The number of nitrogens with zero attached hydrogens (tertiary/aromatic N) is 1. The van der Waals surface area contributed by atoms with Crippen LogP contribution in [0.1, 0.15) is 41.4 Å². The molecule has 0 unspecified atom stereocenters. The Morgan fingerprint density at radius 2 is 2.09 bits per heavy atom. The fraction of sp³-hybridized carbons (Fsp3) is 0.294. The van der Waals surface area contributed by atoms with E-state index in [1.165, 1.54) is 0 Å². The van der Waals surface area contributed by atoms with Crippen LogP contribution in [0.2, 0.25) is 0 Å². The zero-order valence-corrected chi connectivity index (χ0v) is 12.0. The summed E-state index contributed by atoms with van der Waals surface area (Å²) in [6, 6.07) is 9.47. The summed E-state index contributed by atoms with van der Waals surface area (Å²) in [4.78, 5) is 23.8. The van der Waals surface area contributed by atoms with E-state index in [0.29, 0.717) is 23.9 Å². The highest BCUT2D eigenvalue weighted by atomic mass is 16.5. The molecule has 0 saturated heterocycles. The monoisotopic (exact) mass is 296 g/mol. The summed E-state index contributed by atoms with van der Waals surface area (Å²) in [6.45, 7) is 0. The number of esters is 1. The number of hydrogen-bond donors (Lipinski definition) is 1. The summed E-state index contributed by atoms with van der Waals surface area (Å²) in [5.74, 6) is 0.0899. The van der Waals surface area contributed by atoms with Crippen LogP contribution in [0.25, 0.3) is 0 Å². The van der Waals surface area contributed by atoms with Gasteiger partial charge in [-0.25, -0.2) is 4.79 Å². The first-order valence-corrected chi connectivity index (χ1v) is 7.52. The van der Waals surface area contributed by atoms with Gasteiger partial charge in [0, 0.05) is 30.4 Å². The van der Waals surface area contributed by atoms with Crippen LogP contribution < -0.4 is 10.1 Å². The summed E-state index contributed by atoms with van der Waals surface area (Å²) in [5.41, 5.74) is 2.38. The maximum Gasteiger partial charge on any atom is 0.360 e. The largest absolute Gasteiger partial charge is 0.422 e. The highest BCUT2D eigenvalue weighted by Crippen LogP contribution is 2.36. The lowest BCUT2D eigenvalue weighted by Gasteiger charge is -2.17. The molecular formula is C17H16N2O3. The molecule has 1 aromatic carbocycles. The van der Waals surface area contributed by atoms with Crippen molar-refractivity contribution in [3.63, 3.8) is 0 Å². The summed E-state index contributed by atoms with van der Waals surface area (Å²) >= 11 is 0. The van der Waals surface area contributed by atoms with Crippen LogP contribution in [0, 0.1) is 0 Å². The van der Waals surface area contributed by atoms with E-state index in [0.717, 1.165) is 30.5 Å². The second-order valence-electron chi connectivity index (χ2n) is 5.79. The van der Waals surface area contributed by atoms with Gasteiger partial charge in [-0.3, -0.25) is 4.79 Å². The summed E-state index contributed by atoms with van der Waals surface area (Å²) < 4.78 is 7.44. The first-order valence-electron chi connectivity index (χ1n) is 7.52. The number of hydrogen-bond acceptors (Lipinski definition) is 3. The number of aryl methyl sites for hydroxylation is 1. The van der Waals surface area contributed by atoms with Crippen molar-refractivity contribution in [3.05, 3.63) is 47.8 Å². The van der Waals surface area contributed by atoms with E-state index in [4.69, 9.17) is 4.74 Å². The van der Waals surface area contributed by atoms with Gasteiger partial charge in [-0.05, 0) is 43.0 Å². The molecule has 0 bridgehead atoms. The van der Waals surface area contributed by atoms with Crippen LogP contribution >= 0.6 is 0 Å². The Hall–Kier alpha value is -2.56. The predicted molar refractivity (Wildman–Crippen MR) is 81.1 cm³/mol. The molecule has 1 amide bonds. The predicted octanol–water partition coefficient (Wildman–Crippen LogP) is 2.93. The zero-order chi connectivity index (χ0) is 15.1. The number of fused-ring (bicyclic) bond motifs is 1. The average Bonchev–Trinajstić information content (AvgIpc) is 3.23. The maximum absolute atomic E-state index is 12.3. The first-order chi connectivity index (χ1) is 10.7. The van der Waals surface area contributed by atoms with E-state index >= 15 is 0 Å².